The summed E-state index contributed by atoms with van der Waals surface area (Å²) in [6, 6.07) is 5.22. The maximum atomic E-state index is 14.3. The summed E-state index contributed by atoms with van der Waals surface area (Å²) in [5, 5.41) is 10.4. The molecule has 2 unspecified atom stereocenters. The molecule has 2 amide bonds. The van der Waals surface area contributed by atoms with E-state index in [0.29, 0.717) is 43.9 Å². The van der Waals surface area contributed by atoms with Crippen LogP contribution in [0.1, 0.15) is 44.6 Å². The highest BCUT2D eigenvalue weighted by molar-refractivity contribution is 7.92. The molecule has 1 heterocycles. The van der Waals surface area contributed by atoms with Crippen LogP contribution in [0, 0.1) is 28.4 Å². The molecule has 5 rings (SSSR count). The van der Waals surface area contributed by atoms with Crippen molar-refractivity contribution in [1.82, 2.24) is 10.2 Å². The van der Waals surface area contributed by atoms with Gasteiger partial charge in [0.1, 0.15) is 23.2 Å². The van der Waals surface area contributed by atoms with Gasteiger partial charge in [0.05, 0.1) is 21.8 Å². The molecule has 2 aromatic rings. The zero-order valence-electron chi connectivity index (χ0n) is 21.2. The van der Waals surface area contributed by atoms with Gasteiger partial charge in [0.15, 0.2) is 9.84 Å². The van der Waals surface area contributed by atoms with Gasteiger partial charge in [-0.05, 0) is 61.9 Å². The van der Waals surface area contributed by atoms with E-state index in [-0.39, 0.29) is 11.1 Å². The number of hydrogen-bond donors (Lipinski definition) is 1. The first kappa shape index (κ1) is 28.0. The zero-order valence-corrected chi connectivity index (χ0v) is 22.0. The van der Waals surface area contributed by atoms with E-state index in [4.69, 9.17) is 0 Å². The first-order valence-corrected chi connectivity index (χ1v) is 14.1. The number of nitrogens with zero attached hydrogens (tertiary/aromatic N) is 2. The van der Waals surface area contributed by atoms with E-state index < -0.39 is 85.1 Å². The van der Waals surface area contributed by atoms with Crippen LogP contribution in [0.25, 0.3) is 11.1 Å². The van der Waals surface area contributed by atoms with E-state index in [0.717, 1.165) is 23.1 Å². The molecule has 0 spiro atoms. The van der Waals surface area contributed by atoms with Gasteiger partial charge in [-0.15, -0.1) is 0 Å². The molecular formula is C27H24F5N3O4S. The Labute approximate surface area is 226 Å². The minimum Gasteiger partial charge on any atom is -0.336 e. The summed E-state index contributed by atoms with van der Waals surface area (Å²) in [6.07, 6.45) is -3.78. The van der Waals surface area contributed by atoms with Crippen molar-refractivity contribution in [3.63, 3.8) is 0 Å². The lowest BCUT2D eigenvalue weighted by atomic mass is 10.0. The topological polar surface area (TPSA) is 107 Å². The second-order valence-electron chi connectivity index (χ2n) is 11.0. The van der Waals surface area contributed by atoms with Crippen molar-refractivity contribution in [1.29, 1.82) is 5.26 Å². The van der Waals surface area contributed by atoms with Crippen LogP contribution in [0.3, 0.4) is 0 Å². The van der Waals surface area contributed by atoms with Gasteiger partial charge in [-0.25, -0.2) is 17.2 Å². The molecule has 3 aliphatic rings. The molecule has 40 heavy (non-hydrogen) atoms. The Hall–Kier alpha value is -3.53. The Morgan fingerprint density at radius 2 is 1.75 bits per heavy atom. The Bertz CT molecular complexity index is 1560. The quantitative estimate of drug-likeness (QED) is 0.510. The fraction of sp³-hybridized carbons (Fsp3) is 0.444. The van der Waals surface area contributed by atoms with Crippen LogP contribution < -0.4 is 5.32 Å². The molecule has 7 nitrogen and oxygen atoms in total. The molecule has 2 aromatic carbocycles. The van der Waals surface area contributed by atoms with Gasteiger partial charge in [-0.3, -0.25) is 9.59 Å². The van der Waals surface area contributed by atoms with Gasteiger partial charge in [0.2, 0.25) is 11.8 Å². The second kappa shape index (κ2) is 9.26. The number of benzene rings is 2. The summed E-state index contributed by atoms with van der Waals surface area (Å²) in [5.41, 5.74) is -4.09. The Morgan fingerprint density at radius 3 is 2.30 bits per heavy atom. The molecule has 3 fully saturated rings. The third kappa shape index (κ3) is 4.93. The molecule has 13 heteroatoms. The van der Waals surface area contributed by atoms with Crippen LogP contribution in [0.15, 0.2) is 41.3 Å². The number of amides is 2. The van der Waals surface area contributed by atoms with E-state index in [2.05, 4.69) is 5.32 Å². The zero-order chi connectivity index (χ0) is 29.3. The fourth-order valence-corrected chi connectivity index (χ4v) is 6.91. The minimum absolute atomic E-state index is 0.308. The highest BCUT2D eigenvalue weighted by Crippen LogP contribution is 2.48. The summed E-state index contributed by atoms with van der Waals surface area (Å²) in [6.45, 7) is 1.17. The van der Waals surface area contributed by atoms with Crippen LogP contribution in [0.4, 0.5) is 22.0 Å². The first-order valence-electron chi connectivity index (χ1n) is 12.6. The predicted molar refractivity (Wildman–Crippen MR) is 131 cm³/mol. The average Bonchev–Trinajstić information content (AvgIpc) is 3.78. The van der Waals surface area contributed by atoms with E-state index in [1.807, 2.05) is 6.07 Å². The Kier molecular flexibility index (Phi) is 6.48. The average molecular weight is 582 g/mol. The van der Waals surface area contributed by atoms with Gasteiger partial charge in [0.25, 0.3) is 0 Å². The smallest absolute Gasteiger partial charge is 0.336 e. The number of nitrogens with one attached hydrogen (secondary N) is 1. The van der Waals surface area contributed by atoms with Gasteiger partial charge >= 0.3 is 6.18 Å². The highest BCUT2D eigenvalue weighted by Gasteiger charge is 2.55. The predicted octanol–water partition coefficient (Wildman–Crippen LogP) is 4.37. The van der Waals surface area contributed by atoms with Crippen LogP contribution in [-0.2, 0) is 25.6 Å². The Morgan fingerprint density at radius 1 is 1.07 bits per heavy atom. The van der Waals surface area contributed by atoms with Crippen molar-refractivity contribution in [3.8, 4) is 17.2 Å². The van der Waals surface area contributed by atoms with Crippen molar-refractivity contribution in [2.75, 3.05) is 6.54 Å². The SMILES string of the molecule is CC1(C(=O)N2CC(S(=O)(=O)c3ccc(-c4ccc(F)cc4F)cc3C(F)(F)F)CC2C(=O)NC2(C#N)CC2)CC1. The third-order valence-corrected chi connectivity index (χ3v) is 10.1. The monoisotopic (exact) mass is 581 g/mol. The number of carbonyl (C=O) groups excluding carboxylic acids is 2. The molecule has 0 radical (unpaired) electrons. The number of nitriles is 1. The lowest BCUT2D eigenvalue weighted by Gasteiger charge is -2.27. The van der Waals surface area contributed by atoms with Gasteiger partial charge in [-0.1, -0.05) is 13.0 Å². The largest absolute Gasteiger partial charge is 0.417 e. The summed E-state index contributed by atoms with van der Waals surface area (Å²) in [4.78, 5) is 26.4. The molecule has 1 saturated heterocycles. The summed E-state index contributed by atoms with van der Waals surface area (Å²) in [5.74, 6) is -3.25. The number of carbonyl (C=O) groups is 2. The molecule has 0 aromatic heterocycles. The number of sulfone groups is 1. The summed E-state index contributed by atoms with van der Waals surface area (Å²) >= 11 is 0. The molecule has 1 aliphatic heterocycles. The molecule has 2 atom stereocenters. The lowest BCUT2D eigenvalue weighted by Crippen LogP contribution is -2.50. The molecule has 212 valence electrons. The van der Waals surface area contributed by atoms with Crippen LogP contribution in [0.5, 0.6) is 0 Å². The summed E-state index contributed by atoms with van der Waals surface area (Å²) in [7, 11) is -4.77. The third-order valence-electron chi connectivity index (χ3n) is 7.94. The van der Waals surface area contributed by atoms with Crippen molar-refractivity contribution in [2.45, 2.75) is 66.9 Å². The van der Waals surface area contributed by atoms with Gasteiger partial charge in [0, 0.05) is 23.6 Å². The number of halogens is 5. The van der Waals surface area contributed by atoms with Crippen molar-refractivity contribution in [2.24, 2.45) is 5.41 Å². The highest BCUT2D eigenvalue weighted by atomic mass is 32.2. The number of rotatable bonds is 6. The lowest BCUT2D eigenvalue weighted by molar-refractivity contribution is -0.142. The Balaban J connectivity index is 1.51. The van der Waals surface area contributed by atoms with Crippen LogP contribution in [-0.4, -0.2) is 48.5 Å². The van der Waals surface area contributed by atoms with Crippen LogP contribution in [0.2, 0.25) is 0 Å². The second-order valence-corrected chi connectivity index (χ2v) is 13.1. The fourth-order valence-electron chi connectivity index (χ4n) is 5.02. The standard InChI is InChI=1S/C27H24F5N3O4S/c1-25(6-7-25)24(37)35-13-17(12-21(35)23(36)34-26(14-33)8-9-26)40(38,39)22-5-2-15(10-19(22)27(30,31)32)18-4-3-16(28)11-20(18)29/h2-5,10-11,17,21H,6-9,12-13H2,1H3,(H,34,36). The molecule has 1 N–H and O–H groups in total. The van der Waals surface area contributed by atoms with Crippen molar-refractivity contribution >= 4 is 21.7 Å². The van der Waals surface area contributed by atoms with Crippen molar-refractivity contribution in [3.05, 3.63) is 53.6 Å². The number of hydrogen-bond acceptors (Lipinski definition) is 5. The molecule has 2 saturated carbocycles. The molecular weight excluding hydrogens is 557 g/mol. The van der Waals surface area contributed by atoms with E-state index in [9.17, 15) is 45.2 Å². The number of likely N-dealkylation sites (tertiary alicyclic amines) is 1. The number of alkyl halides is 3. The minimum atomic E-state index is -5.16. The maximum absolute atomic E-state index is 14.3. The van der Waals surface area contributed by atoms with E-state index in [1.165, 1.54) is 0 Å². The molecule has 0 bridgehead atoms. The summed E-state index contributed by atoms with van der Waals surface area (Å²) < 4.78 is 97.4. The van der Waals surface area contributed by atoms with E-state index in [1.54, 1.807) is 6.92 Å². The normalized spacial score (nSPS) is 22.9. The van der Waals surface area contributed by atoms with Gasteiger partial charge in [-0.2, -0.15) is 18.4 Å². The first-order chi connectivity index (χ1) is 18.6. The molecule has 2 aliphatic carbocycles. The maximum Gasteiger partial charge on any atom is 0.417 e. The van der Waals surface area contributed by atoms with E-state index >= 15 is 0 Å². The van der Waals surface area contributed by atoms with Crippen LogP contribution >= 0.6 is 0 Å². The van der Waals surface area contributed by atoms with Gasteiger partial charge < -0.3 is 10.2 Å². The van der Waals surface area contributed by atoms with Crippen molar-refractivity contribution < 1.29 is 40.0 Å².